The summed E-state index contributed by atoms with van der Waals surface area (Å²) in [5, 5.41) is 30.9. The zero-order valence-corrected chi connectivity index (χ0v) is 31.2. The van der Waals surface area contributed by atoms with Gasteiger partial charge < -0.3 is 39.0 Å². The summed E-state index contributed by atoms with van der Waals surface area (Å²) in [7, 11) is 0. The lowest BCUT2D eigenvalue weighted by Crippen LogP contribution is -2.58. The average Bonchev–Trinajstić information content (AvgIpc) is 3.87. The molecule has 2 spiro atoms. The summed E-state index contributed by atoms with van der Waals surface area (Å²) in [5.74, 6) is -1.16. The van der Waals surface area contributed by atoms with Gasteiger partial charge in [-0.2, -0.15) is 0 Å². The van der Waals surface area contributed by atoms with Crippen LogP contribution in [0.25, 0.3) is 0 Å². The van der Waals surface area contributed by atoms with E-state index < -0.39 is 65.1 Å². The number of esters is 2. The monoisotopic (exact) mass is 702 g/mol. The summed E-state index contributed by atoms with van der Waals surface area (Å²) in [6.07, 6.45) is 1.35. The van der Waals surface area contributed by atoms with Crippen molar-refractivity contribution in [1.82, 2.24) is 0 Å². The van der Waals surface area contributed by atoms with E-state index in [2.05, 4.69) is 40.7 Å². The van der Waals surface area contributed by atoms with Gasteiger partial charge in [-0.1, -0.05) is 46.3 Å². The Kier molecular flexibility index (Phi) is 8.43. The molecule has 0 aromatic rings. The summed E-state index contributed by atoms with van der Waals surface area (Å²) < 4.78 is 29.9. The van der Waals surface area contributed by atoms with Crippen LogP contribution in [0, 0.1) is 44.8 Å². The van der Waals surface area contributed by atoms with Crippen LogP contribution in [0.5, 0.6) is 0 Å². The molecule has 7 aliphatic rings. The van der Waals surface area contributed by atoms with Crippen LogP contribution < -0.4 is 0 Å². The number of hydrogen-bond donors (Lipinski definition) is 3. The van der Waals surface area contributed by atoms with Crippen molar-refractivity contribution in [2.24, 2.45) is 44.8 Å². The van der Waals surface area contributed by atoms with E-state index in [-0.39, 0.29) is 58.6 Å². The molecule has 50 heavy (non-hydrogen) atoms. The Hall–Kier alpha value is -1.89. The standard InChI is InChI=1S/C39H58O11/c1-19(16-23(47-20(2)40)31-35(6,7)50-31)27-29(44)32(48-21(3)41)37(9)25-11-10-24-34(4,5)26(49-33-30(45)28(43)22(42)17-46-33)12-13-38(24)18-39(25,38)15-14-36(27,37)8/h11,19,22-24,26-28,30-33,42-43,45H,10,12-18H2,1-9H3. The lowest BCUT2D eigenvalue weighted by molar-refractivity contribution is -0.300. The molecule has 2 heterocycles. The van der Waals surface area contributed by atoms with Crippen molar-refractivity contribution in [3.8, 4) is 0 Å². The molecule has 0 radical (unpaired) electrons. The number of ketones is 1. The van der Waals surface area contributed by atoms with E-state index >= 15 is 0 Å². The lowest BCUT2D eigenvalue weighted by atomic mass is 9.44. The van der Waals surface area contributed by atoms with Crippen molar-refractivity contribution in [3.05, 3.63) is 11.6 Å². The molecule has 5 aliphatic carbocycles. The second kappa shape index (κ2) is 11.6. The second-order valence-electron chi connectivity index (χ2n) is 18.5. The summed E-state index contributed by atoms with van der Waals surface area (Å²) in [4.78, 5) is 39.6. The van der Waals surface area contributed by atoms with Gasteiger partial charge in [-0.3, -0.25) is 14.4 Å². The number of aliphatic hydroxyl groups is 3. The lowest BCUT2D eigenvalue weighted by Gasteiger charge is -2.60. The van der Waals surface area contributed by atoms with Crippen molar-refractivity contribution in [3.63, 3.8) is 0 Å². The van der Waals surface area contributed by atoms with Crippen LogP contribution in [0.1, 0.15) is 107 Å². The van der Waals surface area contributed by atoms with E-state index in [9.17, 15) is 29.7 Å². The first-order chi connectivity index (χ1) is 23.2. The first kappa shape index (κ1) is 36.5. The molecule has 280 valence electrons. The fourth-order valence-corrected chi connectivity index (χ4v) is 12.7. The van der Waals surface area contributed by atoms with Gasteiger partial charge in [0, 0.05) is 25.2 Å². The molecule has 11 nitrogen and oxygen atoms in total. The van der Waals surface area contributed by atoms with E-state index in [0.29, 0.717) is 6.42 Å². The van der Waals surface area contributed by atoms with Crippen molar-refractivity contribution in [2.45, 2.75) is 162 Å². The molecule has 11 heteroatoms. The van der Waals surface area contributed by atoms with Gasteiger partial charge in [0.2, 0.25) is 0 Å². The number of carbonyl (C=O) groups is 3. The topological polar surface area (TPSA) is 161 Å². The van der Waals surface area contributed by atoms with Crippen LogP contribution >= 0.6 is 0 Å². The fourth-order valence-electron chi connectivity index (χ4n) is 12.7. The predicted octanol–water partition coefficient (Wildman–Crippen LogP) is 4.03. The molecule has 6 fully saturated rings. The molecule has 0 amide bonds. The van der Waals surface area contributed by atoms with Gasteiger partial charge in [0.25, 0.3) is 0 Å². The highest BCUT2D eigenvalue weighted by Gasteiger charge is 2.83. The maximum Gasteiger partial charge on any atom is 0.303 e. The van der Waals surface area contributed by atoms with Crippen LogP contribution in [0.3, 0.4) is 0 Å². The van der Waals surface area contributed by atoms with E-state index in [1.165, 1.54) is 19.4 Å². The quantitative estimate of drug-likeness (QED) is 0.190. The molecule has 0 aromatic heterocycles. The third-order valence-corrected chi connectivity index (χ3v) is 15.3. The molecular weight excluding hydrogens is 644 g/mol. The Labute approximate surface area is 295 Å². The first-order valence-electron chi connectivity index (χ1n) is 18.8. The summed E-state index contributed by atoms with van der Waals surface area (Å²) in [6.45, 7) is 17.6. The molecule has 7 rings (SSSR count). The maximum absolute atomic E-state index is 14.7. The van der Waals surface area contributed by atoms with Gasteiger partial charge in [-0.15, -0.1) is 0 Å². The average molecular weight is 703 g/mol. The SMILES string of the molecule is CC(=O)OC(CC(C)C1C(=O)C(OC(C)=O)C2(C)C3=CCC4C(C)(C)C(OC5OCC(O)C(O)C5O)CCC45CC35CCC12C)C1OC1(C)C. The minimum atomic E-state index is -1.34. The molecular formula is C39H58O11. The smallest absolute Gasteiger partial charge is 0.303 e. The number of rotatable bonds is 8. The predicted molar refractivity (Wildman–Crippen MR) is 179 cm³/mol. The van der Waals surface area contributed by atoms with Crippen LogP contribution in [0.2, 0.25) is 0 Å². The van der Waals surface area contributed by atoms with E-state index in [1.807, 2.05) is 13.8 Å². The highest BCUT2D eigenvalue weighted by atomic mass is 16.7. The normalized spacial score (nSPS) is 49.2. The molecule has 2 saturated heterocycles. The summed E-state index contributed by atoms with van der Waals surface area (Å²) in [5.41, 5.74) is -0.727. The number of epoxide rings is 1. The van der Waals surface area contributed by atoms with Crippen molar-refractivity contribution in [2.75, 3.05) is 6.61 Å². The minimum Gasteiger partial charge on any atom is -0.460 e. The van der Waals surface area contributed by atoms with Crippen molar-refractivity contribution >= 4 is 17.7 Å². The highest BCUT2D eigenvalue weighted by Crippen LogP contribution is 2.88. The van der Waals surface area contributed by atoms with E-state index in [4.69, 9.17) is 23.7 Å². The zero-order valence-electron chi connectivity index (χ0n) is 31.2. The maximum atomic E-state index is 14.7. The Bertz CT molecular complexity index is 1470. The number of aliphatic hydroxyl groups excluding tert-OH is 3. The number of hydrogen-bond acceptors (Lipinski definition) is 11. The van der Waals surface area contributed by atoms with Gasteiger partial charge in [0.1, 0.15) is 30.5 Å². The van der Waals surface area contributed by atoms with E-state index in [1.54, 1.807) is 0 Å². The number of ether oxygens (including phenoxy) is 5. The molecule has 4 saturated carbocycles. The van der Waals surface area contributed by atoms with Gasteiger partial charge in [-0.05, 0) is 92.3 Å². The molecule has 0 aromatic carbocycles. The van der Waals surface area contributed by atoms with Crippen LogP contribution in [0.4, 0.5) is 0 Å². The Morgan fingerprint density at radius 2 is 1.68 bits per heavy atom. The molecule has 15 unspecified atom stereocenters. The molecule has 3 N–H and O–H groups in total. The van der Waals surface area contributed by atoms with Crippen LogP contribution in [-0.4, -0.2) is 94.3 Å². The number of allylic oxidation sites excluding steroid dienone is 1. The van der Waals surface area contributed by atoms with Gasteiger partial charge in [0.15, 0.2) is 18.2 Å². The second-order valence-corrected chi connectivity index (χ2v) is 18.5. The molecule has 0 bridgehead atoms. The third-order valence-electron chi connectivity index (χ3n) is 15.3. The van der Waals surface area contributed by atoms with Gasteiger partial charge in [-0.25, -0.2) is 0 Å². The third kappa shape index (κ3) is 4.92. The first-order valence-corrected chi connectivity index (χ1v) is 18.8. The molecule has 15 atom stereocenters. The van der Waals surface area contributed by atoms with Gasteiger partial charge in [0.05, 0.1) is 18.3 Å². The van der Waals surface area contributed by atoms with Crippen molar-refractivity contribution in [1.29, 1.82) is 0 Å². The fraction of sp³-hybridized carbons (Fsp3) is 0.872. The highest BCUT2D eigenvalue weighted by molar-refractivity contribution is 5.93. The van der Waals surface area contributed by atoms with Crippen molar-refractivity contribution < 1.29 is 53.4 Å². The van der Waals surface area contributed by atoms with Gasteiger partial charge >= 0.3 is 11.9 Å². The Morgan fingerprint density at radius 1 is 1.00 bits per heavy atom. The largest absolute Gasteiger partial charge is 0.460 e. The Balaban J connectivity index is 1.19. The van der Waals surface area contributed by atoms with Crippen LogP contribution in [-0.2, 0) is 38.1 Å². The number of carbonyl (C=O) groups excluding carboxylic acids is 3. The molecule has 2 aliphatic heterocycles. The van der Waals surface area contributed by atoms with Crippen LogP contribution in [0.15, 0.2) is 11.6 Å². The summed E-state index contributed by atoms with van der Waals surface area (Å²) >= 11 is 0. The number of Topliss-reactive ketones (excluding diaryl/α,β-unsaturated/α-hetero) is 1. The summed E-state index contributed by atoms with van der Waals surface area (Å²) in [6, 6.07) is 0. The Morgan fingerprint density at radius 3 is 2.30 bits per heavy atom. The minimum absolute atomic E-state index is 0.00930. The number of fused-ring (bicyclic) bond motifs is 2. The van der Waals surface area contributed by atoms with E-state index in [0.717, 1.165) is 38.5 Å². The zero-order chi connectivity index (χ0) is 36.6.